The molecular formula is C9H13N3O3. The van der Waals surface area contributed by atoms with E-state index in [2.05, 4.69) is 4.98 Å². The fourth-order valence-corrected chi connectivity index (χ4v) is 1.59. The minimum atomic E-state index is -0.432. The molecule has 1 aliphatic rings. The highest BCUT2D eigenvalue weighted by atomic mass is 16.5. The van der Waals surface area contributed by atoms with Gasteiger partial charge in [-0.2, -0.15) is 4.98 Å². The van der Waals surface area contributed by atoms with Crippen molar-refractivity contribution in [3.63, 3.8) is 0 Å². The van der Waals surface area contributed by atoms with Gasteiger partial charge in [-0.15, -0.1) is 0 Å². The van der Waals surface area contributed by atoms with E-state index in [1.165, 1.54) is 4.57 Å². The minimum absolute atomic E-state index is 0.201. The van der Waals surface area contributed by atoms with Crippen molar-refractivity contribution in [1.29, 1.82) is 0 Å². The van der Waals surface area contributed by atoms with Crippen molar-refractivity contribution in [3.05, 3.63) is 22.7 Å². The number of aliphatic hydroxyl groups is 1. The molecule has 3 N–H and O–H groups in total. The maximum Gasteiger partial charge on any atom is 0.351 e. The normalized spacial score (nSPS) is 26.5. The van der Waals surface area contributed by atoms with Crippen molar-refractivity contribution in [2.75, 3.05) is 12.3 Å². The van der Waals surface area contributed by atoms with Gasteiger partial charge in [0.1, 0.15) is 12.0 Å². The third-order valence-electron chi connectivity index (χ3n) is 2.39. The first-order chi connectivity index (χ1) is 7.16. The molecule has 1 aromatic rings. The van der Waals surface area contributed by atoms with E-state index >= 15 is 0 Å². The summed E-state index contributed by atoms with van der Waals surface area (Å²) in [6.45, 7) is 0.251. The molecule has 0 amide bonds. The zero-order valence-electron chi connectivity index (χ0n) is 8.17. The van der Waals surface area contributed by atoms with Crippen molar-refractivity contribution in [2.45, 2.75) is 25.2 Å². The highest BCUT2D eigenvalue weighted by molar-refractivity contribution is 5.23. The van der Waals surface area contributed by atoms with Crippen LogP contribution in [0.25, 0.3) is 0 Å². The van der Waals surface area contributed by atoms with Crippen LogP contribution < -0.4 is 11.4 Å². The zero-order valence-corrected chi connectivity index (χ0v) is 8.17. The Morgan fingerprint density at radius 3 is 3.00 bits per heavy atom. The molecule has 0 aliphatic carbocycles. The SMILES string of the molecule is Nc1ccn(C2CCC(O)CO2)c(=O)n1. The molecular weight excluding hydrogens is 198 g/mol. The molecule has 0 aromatic carbocycles. The summed E-state index contributed by atoms with van der Waals surface area (Å²) in [5, 5.41) is 9.24. The third kappa shape index (κ3) is 2.16. The van der Waals surface area contributed by atoms with Crippen molar-refractivity contribution >= 4 is 5.82 Å². The van der Waals surface area contributed by atoms with Crippen molar-refractivity contribution < 1.29 is 9.84 Å². The highest BCUT2D eigenvalue weighted by Crippen LogP contribution is 2.20. The maximum atomic E-state index is 11.5. The van der Waals surface area contributed by atoms with Gasteiger partial charge in [-0.25, -0.2) is 4.79 Å². The number of rotatable bonds is 1. The summed E-state index contributed by atoms with van der Waals surface area (Å²) in [5.41, 5.74) is 4.95. The first kappa shape index (κ1) is 10.1. The lowest BCUT2D eigenvalue weighted by Crippen LogP contribution is -2.34. The number of hydrogen-bond donors (Lipinski definition) is 2. The van der Waals surface area contributed by atoms with E-state index in [1.807, 2.05) is 0 Å². The maximum absolute atomic E-state index is 11.5. The van der Waals surface area contributed by atoms with E-state index in [0.29, 0.717) is 12.8 Å². The fourth-order valence-electron chi connectivity index (χ4n) is 1.59. The third-order valence-corrected chi connectivity index (χ3v) is 2.39. The van der Waals surface area contributed by atoms with Gasteiger partial charge in [0.25, 0.3) is 0 Å². The molecule has 0 radical (unpaired) electrons. The second-order valence-electron chi connectivity index (χ2n) is 3.56. The molecule has 0 spiro atoms. The molecule has 15 heavy (non-hydrogen) atoms. The van der Waals surface area contributed by atoms with Gasteiger partial charge in [-0.05, 0) is 18.9 Å². The monoisotopic (exact) mass is 211 g/mol. The summed E-state index contributed by atoms with van der Waals surface area (Å²) in [6, 6.07) is 1.55. The molecule has 2 heterocycles. The lowest BCUT2D eigenvalue weighted by atomic mass is 10.1. The van der Waals surface area contributed by atoms with Crippen LogP contribution in [0.1, 0.15) is 19.1 Å². The molecule has 1 fully saturated rings. The number of nitrogens with zero attached hydrogens (tertiary/aromatic N) is 2. The molecule has 1 aromatic heterocycles. The molecule has 2 atom stereocenters. The van der Waals surface area contributed by atoms with Crippen LogP contribution in [0.5, 0.6) is 0 Å². The number of aromatic nitrogens is 2. The molecule has 82 valence electrons. The molecule has 1 saturated heterocycles. The number of nitrogen functional groups attached to an aromatic ring is 1. The van der Waals surface area contributed by atoms with Crippen LogP contribution in [-0.4, -0.2) is 27.4 Å². The number of hydrogen-bond acceptors (Lipinski definition) is 5. The first-order valence-corrected chi connectivity index (χ1v) is 4.81. The largest absolute Gasteiger partial charge is 0.391 e. The molecule has 0 bridgehead atoms. The van der Waals surface area contributed by atoms with Crippen LogP contribution >= 0.6 is 0 Å². The Kier molecular flexibility index (Phi) is 2.70. The Bertz CT molecular complexity index is 396. The van der Waals surface area contributed by atoms with Crippen molar-refractivity contribution in [2.24, 2.45) is 0 Å². The highest BCUT2D eigenvalue weighted by Gasteiger charge is 2.21. The average molecular weight is 211 g/mol. The Morgan fingerprint density at radius 1 is 1.60 bits per heavy atom. The Morgan fingerprint density at radius 2 is 2.40 bits per heavy atom. The molecule has 2 unspecified atom stereocenters. The summed E-state index contributed by atoms with van der Waals surface area (Å²) in [5.74, 6) is 0.201. The zero-order chi connectivity index (χ0) is 10.8. The van der Waals surface area contributed by atoms with E-state index in [0.717, 1.165) is 0 Å². The predicted molar refractivity (Wildman–Crippen MR) is 53.1 cm³/mol. The summed E-state index contributed by atoms with van der Waals surface area (Å²) in [7, 11) is 0. The van der Waals surface area contributed by atoms with Gasteiger partial charge < -0.3 is 15.6 Å². The van der Waals surface area contributed by atoms with E-state index in [-0.39, 0.29) is 18.7 Å². The lowest BCUT2D eigenvalue weighted by Gasteiger charge is -2.27. The quantitative estimate of drug-likeness (QED) is 0.653. The van der Waals surface area contributed by atoms with Crippen LogP contribution in [0.4, 0.5) is 5.82 Å². The van der Waals surface area contributed by atoms with Gasteiger partial charge in [-0.1, -0.05) is 0 Å². The van der Waals surface area contributed by atoms with Gasteiger partial charge in [0.15, 0.2) is 0 Å². The van der Waals surface area contributed by atoms with Gasteiger partial charge in [0.05, 0.1) is 12.7 Å². The van der Waals surface area contributed by atoms with Crippen LogP contribution in [0.15, 0.2) is 17.1 Å². The fraction of sp³-hybridized carbons (Fsp3) is 0.556. The van der Waals surface area contributed by atoms with Crippen molar-refractivity contribution in [3.8, 4) is 0 Å². The second-order valence-corrected chi connectivity index (χ2v) is 3.56. The molecule has 6 nitrogen and oxygen atoms in total. The first-order valence-electron chi connectivity index (χ1n) is 4.81. The van der Waals surface area contributed by atoms with E-state index < -0.39 is 11.8 Å². The summed E-state index contributed by atoms with van der Waals surface area (Å²) < 4.78 is 6.72. The number of ether oxygens (including phenoxy) is 1. The van der Waals surface area contributed by atoms with Crippen LogP contribution in [0.3, 0.4) is 0 Å². The van der Waals surface area contributed by atoms with Gasteiger partial charge in [-0.3, -0.25) is 4.57 Å². The van der Waals surface area contributed by atoms with Crippen LogP contribution in [0, 0.1) is 0 Å². The Labute approximate surface area is 86.3 Å². The Hall–Kier alpha value is -1.40. The van der Waals surface area contributed by atoms with Gasteiger partial charge >= 0.3 is 5.69 Å². The summed E-state index contributed by atoms with van der Waals surface area (Å²) >= 11 is 0. The molecule has 1 aliphatic heterocycles. The molecule has 2 rings (SSSR count). The Balaban J connectivity index is 2.19. The topological polar surface area (TPSA) is 90.4 Å². The number of nitrogens with two attached hydrogens (primary N) is 1. The summed E-state index contributed by atoms with van der Waals surface area (Å²) in [4.78, 5) is 15.1. The van der Waals surface area contributed by atoms with Gasteiger partial charge in [0.2, 0.25) is 0 Å². The molecule has 0 saturated carbocycles. The molecule has 6 heteroatoms. The van der Waals surface area contributed by atoms with Crippen LogP contribution in [0.2, 0.25) is 0 Å². The predicted octanol–water partition coefficient (Wildman–Crippen LogP) is -0.505. The second kappa shape index (κ2) is 4.00. The standard InChI is InChI=1S/C9H13N3O3/c10-7-3-4-12(9(14)11-7)8-2-1-6(13)5-15-8/h3-4,6,8,13H,1-2,5H2,(H2,10,11,14). The average Bonchev–Trinajstić information content (AvgIpc) is 2.20. The number of anilines is 1. The van der Waals surface area contributed by atoms with E-state index in [9.17, 15) is 9.90 Å². The minimum Gasteiger partial charge on any atom is -0.391 e. The van der Waals surface area contributed by atoms with E-state index in [4.69, 9.17) is 10.5 Å². The van der Waals surface area contributed by atoms with Gasteiger partial charge in [0, 0.05) is 6.20 Å². The van der Waals surface area contributed by atoms with E-state index in [1.54, 1.807) is 12.3 Å². The summed E-state index contributed by atoms with van der Waals surface area (Å²) in [6.07, 6.45) is 2.02. The lowest BCUT2D eigenvalue weighted by molar-refractivity contribution is -0.0904. The van der Waals surface area contributed by atoms with Crippen molar-refractivity contribution in [1.82, 2.24) is 9.55 Å². The smallest absolute Gasteiger partial charge is 0.351 e. The number of aliphatic hydroxyl groups excluding tert-OH is 1. The van der Waals surface area contributed by atoms with Crippen LogP contribution in [-0.2, 0) is 4.74 Å².